The number of nitrogens with zero attached hydrogens (tertiary/aromatic N) is 1. The highest BCUT2D eigenvalue weighted by Gasteiger charge is 2.39. The average Bonchev–Trinajstić information content (AvgIpc) is 2.51. The highest BCUT2D eigenvalue weighted by molar-refractivity contribution is 6.09. The van der Waals surface area contributed by atoms with Crippen molar-refractivity contribution in [3.63, 3.8) is 0 Å². The van der Waals surface area contributed by atoms with E-state index in [1.54, 1.807) is 13.8 Å². The Morgan fingerprint density at radius 2 is 1.68 bits per heavy atom. The fourth-order valence-corrected chi connectivity index (χ4v) is 2.70. The molecule has 1 saturated heterocycles. The van der Waals surface area contributed by atoms with Crippen LogP contribution in [-0.4, -0.2) is 29.8 Å². The Balaban J connectivity index is 2.08. The standard InChI is InChI=1S/C18H26N2O2/c1-13-8-9-15(12-14(13)2)19-16(21)18(3,4)17(22)20-10-6-5-7-11-20/h8-9,12H,5-7,10-11H2,1-4H3,(H,19,21). The third kappa shape index (κ3) is 3.49. The first-order chi connectivity index (χ1) is 10.3. The minimum absolute atomic E-state index is 0.0754. The molecule has 0 saturated carbocycles. The van der Waals surface area contributed by atoms with E-state index in [9.17, 15) is 9.59 Å². The van der Waals surface area contributed by atoms with E-state index >= 15 is 0 Å². The number of anilines is 1. The Labute approximate surface area is 132 Å². The van der Waals surface area contributed by atoms with Crippen LogP contribution in [0.3, 0.4) is 0 Å². The van der Waals surface area contributed by atoms with Gasteiger partial charge in [0.25, 0.3) is 0 Å². The minimum Gasteiger partial charge on any atom is -0.342 e. The maximum absolute atomic E-state index is 12.6. The number of aryl methyl sites for hydroxylation is 2. The lowest BCUT2D eigenvalue weighted by Gasteiger charge is -2.33. The molecular weight excluding hydrogens is 276 g/mol. The Morgan fingerprint density at radius 3 is 2.27 bits per heavy atom. The number of carbonyl (C=O) groups excluding carboxylic acids is 2. The molecule has 1 heterocycles. The second kappa shape index (κ2) is 6.51. The van der Waals surface area contributed by atoms with Gasteiger partial charge in [-0.3, -0.25) is 9.59 Å². The van der Waals surface area contributed by atoms with Crippen LogP contribution in [0.25, 0.3) is 0 Å². The zero-order valence-corrected chi connectivity index (χ0v) is 14.0. The van der Waals surface area contributed by atoms with E-state index in [-0.39, 0.29) is 11.8 Å². The molecule has 0 bridgehead atoms. The van der Waals surface area contributed by atoms with Gasteiger partial charge in [-0.1, -0.05) is 6.07 Å². The summed E-state index contributed by atoms with van der Waals surface area (Å²) in [6, 6.07) is 5.79. The normalized spacial score (nSPS) is 15.5. The topological polar surface area (TPSA) is 49.4 Å². The van der Waals surface area contributed by atoms with Crippen molar-refractivity contribution in [3.8, 4) is 0 Å². The maximum atomic E-state index is 12.6. The number of rotatable bonds is 3. The van der Waals surface area contributed by atoms with Gasteiger partial charge in [0.05, 0.1) is 0 Å². The Kier molecular flexibility index (Phi) is 4.89. The van der Waals surface area contributed by atoms with E-state index in [0.29, 0.717) is 0 Å². The molecule has 0 unspecified atom stereocenters. The van der Waals surface area contributed by atoms with Gasteiger partial charge in [0.2, 0.25) is 11.8 Å². The third-order valence-corrected chi connectivity index (χ3v) is 4.51. The number of amides is 2. The Bertz CT molecular complexity index is 572. The fraction of sp³-hybridized carbons (Fsp3) is 0.556. The lowest BCUT2D eigenvalue weighted by molar-refractivity contribution is -0.147. The molecule has 1 aliphatic heterocycles. The van der Waals surface area contributed by atoms with Gasteiger partial charge in [0.1, 0.15) is 5.41 Å². The second-order valence-electron chi connectivity index (χ2n) is 6.73. The van der Waals surface area contributed by atoms with Gasteiger partial charge < -0.3 is 10.2 Å². The van der Waals surface area contributed by atoms with Gasteiger partial charge in [0, 0.05) is 18.8 Å². The van der Waals surface area contributed by atoms with Gasteiger partial charge in [-0.25, -0.2) is 0 Å². The molecule has 0 radical (unpaired) electrons. The van der Waals surface area contributed by atoms with E-state index in [1.807, 2.05) is 36.9 Å². The smallest absolute Gasteiger partial charge is 0.239 e. The summed E-state index contributed by atoms with van der Waals surface area (Å²) in [6.07, 6.45) is 3.22. The van der Waals surface area contributed by atoms with Crippen LogP contribution in [0.15, 0.2) is 18.2 Å². The molecule has 4 heteroatoms. The second-order valence-corrected chi connectivity index (χ2v) is 6.73. The van der Waals surface area contributed by atoms with E-state index in [1.165, 1.54) is 12.0 Å². The van der Waals surface area contributed by atoms with Crippen LogP contribution in [0.4, 0.5) is 5.69 Å². The molecule has 1 aliphatic rings. The van der Waals surface area contributed by atoms with Crippen LogP contribution in [0, 0.1) is 19.3 Å². The van der Waals surface area contributed by atoms with E-state index in [4.69, 9.17) is 0 Å². The lowest BCUT2D eigenvalue weighted by Crippen LogP contribution is -2.49. The van der Waals surface area contributed by atoms with Gasteiger partial charge in [-0.2, -0.15) is 0 Å². The van der Waals surface area contributed by atoms with Crippen LogP contribution in [0.1, 0.15) is 44.2 Å². The quantitative estimate of drug-likeness (QED) is 0.871. The molecule has 120 valence electrons. The van der Waals surface area contributed by atoms with Crippen molar-refractivity contribution in [2.75, 3.05) is 18.4 Å². The van der Waals surface area contributed by atoms with Crippen LogP contribution in [0.2, 0.25) is 0 Å². The van der Waals surface area contributed by atoms with Crippen LogP contribution in [0.5, 0.6) is 0 Å². The highest BCUT2D eigenvalue weighted by Crippen LogP contribution is 2.24. The summed E-state index contributed by atoms with van der Waals surface area (Å²) in [7, 11) is 0. The van der Waals surface area contributed by atoms with Crippen LogP contribution in [-0.2, 0) is 9.59 Å². The average molecular weight is 302 g/mol. The monoisotopic (exact) mass is 302 g/mol. The first-order valence-electron chi connectivity index (χ1n) is 8.00. The summed E-state index contributed by atoms with van der Waals surface area (Å²) in [4.78, 5) is 27.0. The van der Waals surface area contributed by atoms with Crippen molar-refractivity contribution in [1.29, 1.82) is 0 Å². The number of likely N-dealkylation sites (tertiary alicyclic amines) is 1. The number of benzene rings is 1. The summed E-state index contributed by atoms with van der Waals surface area (Å²) in [6.45, 7) is 8.98. The van der Waals surface area contributed by atoms with Crippen LogP contribution < -0.4 is 5.32 Å². The number of hydrogen-bond acceptors (Lipinski definition) is 2. The molecule has 4 nitrogen and oxygen atoms in total. The van der Waals surface area contributed by atoms with E-state index in [2.05, 4.69) is 5.32 Å². The van der Waals surface area contributed by atoms with Crippen molar-refractivity contribution >= 4 is 17.5 Å². The largest absolute Gasteiger partial charge is 0.342 e. The Morgan fingerprint density at radius 1 is 1.05 bits per heavy atom. The van der Waals surface area contributed by atoms with Gasteiger partial charge in [-0.05, 0) is 70.2 Å². The number of carbonyl (C=O) groups is 2. The van der Waals surface area contributed by atoms with Crippen molar-refractivity contribution in [2.24, 2.45) is 5.41 Å². The van der Waals surface area contributed by atoms with Crippen molar-refractivity contribution < 1.29 is 9.59 Å². The molecule has 0 spiro atoms. The predicted octanol–water partition coefficient (Wildman–Crippen LogP) is 3.28. The number of nitrogens with one attached hydrogen (secondary N) is 1. The first kappa shape index (κ1) is 16.5. The molecule has 1 aromatic carbocycles. The molecule has 2 rings (SSSR count). The fourth-order valence-electron chi connectivity index (χ4n) is 2.70. The third-order valence-electron chi connectivity index (χ3n) is 4.51. The molecule has 22 heavy (non-hydrogen) atoms. The SMILES string of the molecule is Cc1ccc(NC(=O)C(C)(C)C(=O)N2CCCCC2)cc1C. The zero-order chi connectivity index (χ0) is 16.3. The predicted molar refractivity (Wildman–Crippen MR) is 88.8 cm³/mol. The van der Waals surface area contributed by atoms with Gasteiger partial charge >= 0.3 is 0 Å². The number of hydrogen-bond donors (Lipinski definition) is 1. The molecule has 1 aromatic rings. The van der Waals surface area contributed by atoms with Crippen molar-refractivity contribution in [2.45, 2.75) is 47.0 Å². The Hall–Kier alpha value is -1.84. The van der Waals surface area contributed by atoms with E-state index in [0.717, 1.165) is 37.2 Å². The first-order valence-corrected chi connectivity index (χ1v) is 8.00. The van der Waals surface area contributed by atoms with Crippen LogP contribution >= 0.6 is 0 Å². The highest BCUT2D eigenvalue weighted by atomic mass is 16.2. The molecule has 1 N–H and O–H groups in total. The molecule has 2 amide bonds. The molecule has 0 atom stereocenters. The van der Waals surface area contributed by atoms with Crippen molar-refractivity contribution in [1.82, 2.24) is 4.90 Å². The molecule has 1 fully saturated rings. The van der Waals surface area contributed by atoms with E-state index < -0.39 is 5.41 Å². The van der Waals surface area contributed by atoms with Crippen molar-refractivity contribution in [3.05, 3.63) is 29.3 Å². The zero-order valence-electron chi connectivity index (χ0n) is 14.0. The molecule has 0 aliphatic carbocycles. The molecule has 0 aromatic heterocycles. The lowest BCUT2D eigenvalue weighted by atomic mass is 9.89. The summed E-state index contributed by atoms with van der Waals surface area (Å²) in [5.74, 6) is -0.320. The summed E-state index contributed by atoms with van der Waals surface area (Å²) in [5, 5.41) is 2.88. The molecular formula is C18H26N2O2. The summed E-state index contributed by atoms with van der Waals surface area (Å²) < 4.78 is 0. The van der Waals surface area contributed by atoms with Gasteiger partial charge in [0.15, 0.2) is 0 Å². The maximum Gasteiger partial charge on any atom is 0.239 e. The minimum atomic E-state index is -1.05. The summed E-state index contributed by atoms with van der Waals surface area (Å²) in [5.41, 5.74) is 2.00. The summed E-state index contributed by atoms with van der Waals surface area (Å²) >= 11 is 0. The number of piperidine rings is 1. The van der Waals surface area contributed by atoms with Gasteiger partial charge in [-0.15, -0.1) is 0 Å².